The number of nitrogens with two attached hydrogens (primary N) is 1. The molecule has 0 aliphatic carbocycles. The summed E-state index contributed by atoms with van der Waals surface area (Å²) in [7, 11) is -3.74. The van der Waals surface area contributed by atoms with Crippen LogP contribution in [0.5, 0.6) is 0 Å². The molecular formula is C15H17N3O3S. The standard InChI is InChI=1S/C15H17N3O3S/c1-11-9-13(22(16,20)21)7-8-14(11)18-15(19)10-17-12-5-3-2-4-6-12/h2-9,17H,10H2,1H3,(H,18,19)(H2,16,20,21). The third-order valence-electron chi connectivity index (χ3n) is 3.03. The normalized spacial score (nSPS) is 11.0. The summed E-state index contributed by atoms with van der Waals surface area (Å²) in [5.74, 6) is -0.227. The van der Waals surface area contributed by atoms with Crippen molar-refractivity contribution in [2.75, 3.05) is 17.2 Å². The Hall–Kier alpha value is -2.38. The molecule has 0 aliphatic rings. The maximum atomic E-state index is 11.9. The van der Waals surface area contributed by atoms with Crippen LogP contribution in [0.2, 0.25) is 0 Å². The van der Waals surface area contributed by atoms with Gasteiger partial charge in [0.2, 0.25) is 15.9 Å². The zero-order valence-electron chi connectivity index (χ0n) is 12.0. The molecule has 2 rings (SSSR count). The van der Waals surface area contributed by atoms with Gasteiger partial charge in [-0.2, -0.15) is 0 Å². The van der Waals surface area contributed by atoms with Gasteiger partial charge in [0.05, 0.1) is 11.4 Å². The second-order valence-corrected chi connectivity index (χ2v) is 6.35. The van der Waals surface area contributed by atoms with Gasteiger partial charge in [0.1, 0.15) is 0 Å². The Morgan fingerprint density at radius 1 is 1.14 bits per heavy atom. The fourth-order valence-corrected chi connectivity index (χ4v) is 2.48. The molecule has 22 heavy (non-hydrogen) atoms. The lowest BCUT2D eigenvalue weighted by molar-refractivity contribution is -0.114. The number of benzene rings is 2. The van der Waals surface area contributed by atoms with E-state index in [1.54, 1.807) is 6.92 Å². The van der Waals surface area contributed by atoms with Gasteiger partial charge in [0.15, 0.2) is 0 Å². The molecule has 0 atom stereocenters. The van der Waals surface area contributed by atoms with E-state index in [0.29, 0.717) is 11.3 Å². The molecule has 1 amide bonds. The van der Waals surface area contributed by atoms with Crippen LogP contribution in [0, 0.1) is 6.92 Å². The number of rotatable bonds is 5. The van der Waals surface area contributed by atoms with E-state index in [4.69, 9.17) is 5.14 Å². The minimum Gasteiger partial charge on any atom is -0.376 e. The molecular weight excluding hydrogens is 302 g/mol. The van der Waals surface area contributed by atoms with E-state index < -0.39 is 10.0 Å². The van der Waals surface area contributed by atoms with Crippen molar-refractivity contribution in [3.8, 4) is 0 Å². The highest BCUT2D eigenvalue weighted by Crippen LogP contribution is 2.18. The van der Waals surface area contributed by atoms with Crippen molar-refractivity contribution in [2.45, 2.75) is 11.8 Å². The summed E-state index contributed by atoms with van der Waals surface area (Å²) in [6.07, 6.45) is 0. The molecule has 0 radical (unpaired) electrons. The largest absolute Gasteiger partial charge is 0.376 e. The molecule has 0 aromatic heterocycles. The van der Waals surface area contributed by atoms with Gasteiger partial charge < -0.3 is 10.6 Å². The van der Waals surface area contributed by atoms with Gasteiger partial charge in [-0.15, -0.1) is 0 Å². The first-order chi connectivity index (χ1) is 10.4. The van der Waals surface area contributed by atoms with Crippen LogP contribution in [0.25, 0.3) is 0 Å². The lowest BCUT2D eigenvalue weighted by Crippen LogP contribution is -2.22. The highest BCUT2D eigenvalue weighted by Gasteiger charge is 2.11. The number of hydrogen-bond donors (Lipinski definition) is 3. The number of primary sulfonamides is 1. The van der Waals surface area contributed by atoms with Gasteiger partial charge in [-0.05, 0) is 42.8 Å². The first-order valence-corrected chi connectivity index (χ1v) is 8.13. The van der Waals surface area contributed by atoms with Gasteiger partial charge in [0, 0.05) is 11.4 Å². The molecule has 0 heterocycles. The van der Waals surface area contributed by atoms with Crippen molar-refractivity contribution in [1.29, 1.82) is 0 Å². The molecule has 2 aromatic carbocycles. The topological polar surface area (TPSA) is 101 Å². The fourth-order valence-electron chi connectivity index (χ4n) is 1.89. The third-order valence-corrected chi connectivity index (χ3v) is 3.94. The van der Waals surface area contributed by atoms with Crippen molar-refractivity contribution in [1.82, 2.24) is 0 Å². The number of sulfonamides is 1. The van der Waals surface area contributed by atoms with Crippen molar-refractivity contribution in [3.63, 3.8) is 0 Å². The summed E-state index contributed by atoms with van der Waals surface area (Å²) in [6, 6.07) is 13.7. The monoisotopic (exact) mass is 319 g/mol. The summed E-state index contributed by atoms with van der Waals surface area (Å²) < 4.78 is 22.5. The minimum absolute atomic E-state index is 0.0189. The molecule has 0 spiro atoms. The molecule has 0 fully saturated rings. The smallest absolute Gasteiger partial charge is 0.243 e. The maximum absolute atomic E-state index is 11.9. The van der Waals surface area contributed by atoms with Crippen LogP contribution in [0.1, 0.15) is 5.56 Å². The van der Waals surface area contributed by atoms with Crippen LogP contribution < -0.4 is 15.8 Å². The van der Waals surface area contributed by atoms with E-state index >= 15 is 0 Å². The minimum atomic E-state index is -3.74. The van der Waals surface area contributed by atoms with Crippen molar-refractivity contribution in [2.24, 2.45) is 5.14 Å². The van der Waals surface area contributed by atoms with Gasteiger partial charge >= 0.3 is 0 Å². The third kappa shape index (κ3) is 4.31. The van der Waals surface area contributed by atoms with Crippen molar-refractivity contribution < 1.29 is 13.2 Å². The number of amides is 1. The van der Waals surface area contributed by atoms with E-state index in [0.717, 1.165) is 5.69 Å². The molecule has 6 nitrogen and oxygen atoms in total. The highest BCUT2D eigenvalue weighted by atomic mass is 32.2. The first kappa shape index (κ1) is 16.0. The van der Waals surface area contributed by atoms with Crippen LogP contribution in [0.3, 0.4) is 0 Å². The zero-order chi connectivity index (χ0) is 16.2. The second kappa shape index (κ2) is 6.59. The number of carbonyl (C=O) groups excluding carboxylic acids is 1. The second-order valence-electron chi connectivity index (χ2n) is 4.79. The Morgan fingerprint density at radius 3 is 2.41 bits per heavy atom. The van der Waals surface area contributed by atoms with Crippen LogP contribution in [0.15, 0.2) is 53.4 Å². The quantitative estimate of drug-likeness (QED) is 0.780. The number of nitrogens with one attached hydrogen (secondary N) is 2. The Kier molecular flexibility index (Phi) is 4.79. The van der Waals surface area contributed by atoms with Crippen LogP contribution >= 0.6 is 0 Å². The molecule has 0 saturated carbocycles. The van der Waals surface area contributed by atoms with Crippen LogP contribution in [-0.2, 0) is 14.8 Å². The summed E-state index contributed by atoms with van der Waals surface area (Å²) in [4.78, 5) is 11.9. The lowest BCUT2D eigenvalue weighted by atomic mass is 10.2. The van der Waals surface area contributed by atoms with E-state index in [-0.39, 0.29) is 17.3 Å². The molecule has 0 unspecified atom stereocenters. The predicted molar refractivity (Wildman–Crippen MR) is 86.1 cm³/mol. The number of aryl methyl sites for hydroxylation is 1. The van der Waals surface area contributed by atoms with Gasteiger partial charge in [-0.1, -0.05) is 18.2 Å². The fraction of sp³-hybridized carbons (Fsp3) is 0.133. The summed E-state index contributed by atoms with van der Waals surface area (Å²) in [5, 5.41) is 10.8. The molecule has 2 aromatic rings. The Bertz CT molecular complexity index is 774. The Morgan fingerprint density at radius 2 is 1.82 bits per heavy atom. The van der Waals surface area contributed by atoms with Gasteiger partial charge in [-0.3, -0.25) is 4.79 Å². The zero-order valence-corrected chi connectivity index (χ0v) is 12.9. The highest BCUT2D eigenvalue weighted by molar-refractivity contribution is 7.89. The summed E-state index contributed by atoms with van der Waals surface area (Å²) in [6.45, 7) is 1.81. The number of para-hydroxylation sites is 1. The van der Waals surface area contributed by atoms with Crippen LogP contribution in [0.4, 0.5) is 11.4 Å². The van der Waals surface area contributed by atoms with Gasteiger partial charge in [-0.25, -0.2) is 13.6 Å². The Labute approximate surface area is 129 Å². The SMILES string of the molecule is Cc1cc(S(N)(=O)=O)ccc1NC(=O)CNc1ccccc1. The number of anilines is 2. The summed E-state index contributed by atoms with van der Waals surface area (Å²) >= 11 is 0. The molecule has 0 bridgehead atoms. The Balaban J connectivity index is 2.00. The van der Waals surface area contributed by atoms with Crippen molar-refractivity contribution in [3.05, 3.63) is 54.1 Å². The predicted octanol–water partition coefficient (Wildman–Crippen LogP) is 1.69. The first-order valence-electron chi connectivity index (χ1n) is 6.58. The molecule has 4 N–H and O–H groups in total. The van der Waals surface area contributed by atoms with E-state index in [2.05, 4.69) is 10.6 Å². The lowest BCUT2D eigenvalue weighted by Gasteiger charge is -2.11. The van der Waals surface area contributed by atoms with Crippen molar-refractivity contribution >= 4 is 27.3 Å². The van der Waals surface area contributed by atoms with E-state index in [1.165, 1.54) is 18.2 Å². The van der Waals surface area contributed by atoms with Gasteiger partial charge in [0.25, 0.3) is 0 Å². The summed E-state index contributed by atoms with van der Waals surface area (Å²) in [5.41, 5.74) is 2.02. The average Bonchev–Trinajstić information content (AvgIpc) is 2.47. The molecule has 7 heteroatoms. The number of hydrogen-bond acceptors (Lipinski definition) is 4. The van der Waals surface area contributed by atoms with Crippen LogP contribution in [-0.4, -0.2) is 20.9 Å². The van der Waals surface area contributed by atoms with E-state index in [9.17, 15) is 13.2 Å². The molecule has 116 valence electrons. The van der Waals surface area contributed by atoms with E-state index in [1.807, 2.05) is 30.3 Å². The average molecular weight is 319 g/mol. The maximum Gasteiger partial charge on any atom is 0.243 e. The molecule has 0 aliphatic heterocycles. The number of carbonyl (C=O) groups is 1. The molecule has 0 saturated heterocycles.